The summed E-state index contributed by atoms with van der Waals surface area (Å²) in [6, 6.07) is 22.2. The quantitative estimate of drug-likeness (QED) is 0.532. The molecule has 0 aliphatic carbocycles. The molecule has 0 aromatic heterocycles. The number of hydrogen-bond acceptors (Lipinski definition) is 3. The third-order valence-electron chi connectivity index (χ3n) is 4.04. The van der Waals surface area contributed by atoms with Crippen molar-refractivity contribution in [3.05, 3.63) is 77.9 Å². The lowest BCUT2D eigenvalue weighted by Crippen LogP contribution is -2.06. The van der Waals surface area contributed by atoms with Crippen molar-refractivity contribution in [3.8, 4) is 5.75 Å². The van der Waals surface area contributed by atoms with Crippen molar-refractivity contribution in [3.63, 3.8) is 0 Å². The zero-order chi connectivity index (χ0) is 16.1. The average molecular weight is 319 g/mol. The predicted molar refractivity (Wildman–Crippen MR) is 98.4 cm³/mol. The normalized spacial score (nSPS) is 11.8. The van der Waals surface area contributed by atoms with Crippen LogP contribution in [0, 0.1) is 0 Å². The molecular weight excluding hydrogens is 302 g/mol. The van der Waals surface area contributed by atoms with Crippen LogP contribution in [0.4, 0.5) is 0 Å². The summed E-state index contributed by atoms with van der Waals surface area (Å²) in [6.07, 6.45) is 0.871. The van der Waals surface area contributed by atoms with E-state index in [1.54, 1.807) is 12.1 Å². The molecule has 0 amide bonds. The van der Waals surface area contributed by atoms with Crippen LogP contribution in [0.1, 0.15) is 17.0 Å². The minimum Gasteiger partial charge on any atom is -0.508 e. The van der Waals surface area contributed by atoms with Crippen LogP contribution in [0.5, 0.6) is 5.75 Å². The molecule has 0 spiro atoms. The van der Waals surface area contributed by atoms with Crippen LogP contribution >= 0.6 is 12.2 Å². The molecule has 0 saturated heterocycles. The number of phenolic OH excluding ortho intramolecular Hbond substituents is 1. The van der Waals surface area contributed by atoms with Gasteiger partial charge in [-0.15, -0.1) is 0 Å². The third kappa shape index (κ3) is 3.84. The molecule has 3 rings (SSSR count). The van der Waals surface area contributed by atoms with Gasteiger partial charge in [0.05, 0.1) is 11.7 Å². The van der Waals surface area contributed by atoms with Gasteiger partial charge in [-0.3, -0.25) is 0 Å². The van der Waals surface area contributed by atoms with Gasteiger partial charge in [0.2, 0.25) is 0 Å². The first-order valence-corrected chi connectivity index (χ1v) is 7.97. The fourth-order valence-electron chi connectivity index (χ4n) is 2.83. The Labute approximate surface area is 141 Å². The second-order valence-electron chi connectivity index (χ2n) is 5.61. The van der Waals surface area contributed by atoms with E-state index in [0.717, 1.165) is 12.0 Å². The van der Waals surface area contributed by atoms with Crippen LogP contribution in [-0.4, -0.2) is 16.8 Å². The first-order valence-electron chi connectivity index (χ1n) is 7.56. The Balaban J connectivity index is 1.89. The maximum atomic E-state index is 9.47. The fraction of sp³-hybridized carbons (Fsp3) is 0.150. The number of rotatable bonds is 5. The van der Waals surface area contributed by atoms with Gasteiger partial charge in [0.25, 0.3) is 0 Å². The highest BCUT2D eigenvalue weighted by atomic mass is 32.1. The van der Waals surface area contributed by atoms with Crippen molar-refractivity contribution in [2.24, 2.45) is 4.99 Å². The number of benzene rings is 3. The third-order valence-corrected chi connectivity index (χ3v) is 4.17. The number of thiocarbonyl (C=S) groups is 1. The number of nitrogens with zero attached hydrogens (tertiary/aromatic N) is 1. The molecule has 0 fully saturated rings. The SMILES string of the molecule is Oc1ccc(C(CN=C=S)Cc2ccc3ccccc3c2)cc1. The summed E-state index contributed by atoms with van der Waals surface area (Å²) >= 11 is 4.71. The molecular formula is C20H17NOS. The van der Waals surface area contributed by atoms with E-state index < -0.39 is 0 Å². The Morgan fingerprint density at radius 2 is 1.70 bits per heavy atom. The molecule has 0 bridgehead atoms. The zero-order valence-electron chi connectivity index (χ0n) is 12.6. The van der Waals surface area contributed by atoms with Crippen molar-refractivity contribution < 1.29 is 5.11 Å². The summed E-state index contributed by atoms with van der Waals surface area (Å²) in [7, 11) is 0. The molecule has 114 valence electrons. The molecule has 3 aromatic carbocycles. The van der Waals surface area contributed by atoms with Gasteiger partial charge in [0.15, 0.2) is 0 Å². The Kier molecular flexibility index (Phi) is 4.82. The lowest BCUT2D eigenvalue weighted by molar-refractivity contribution is 0.475. The van der Waals surface area contributed by atoms with E-state index in [4.69, 9.17) is 12.2 Å². The number of phenols is 1. The van der Waals surface area contributed by atoms with Gasteiger partial charge in [-0.1, -0.05) is 54.6 Å². The van der Waals surface area contributed by atoms with E-state index in [-0.39, 0.29) is 11.7 Å². The zero-order valence-corrected chi connectivity index (χ0v) is 13.5. The lowest BCUT2D eigenvalue weighted by atomic mass is 9.91. The van der Waals surface area contributed by atoms with Gasteiger partial charge >= 0.3 is 0 Å². The highest BCUT2D eigenvalue weighted by Crippen LogP contribution is 2.25. The molecule has 0 radical (unpaired) electrons. The largest absolute Gasteiger partial charge is 0.508 e. The summed E-state index contributed by atoms with van der Waals surface area (Å²) in [4.78, 5) is 4.13. The first kappa shape index (κ1) is 15.4. The van der Waals surface area contributed by atoms with E-state index in [1.165, 1.54) is 16.3 Å². The Morgan fingerprint density at radius 3 is 2.43 bits per heavy atom. The predicted octanol–water partition coefficient (Wildman–Crippen LogP) is 4.97. The topological polar surface area (TPSA) is 32.6 Å². The highest BCUT2D eigenvalue weighted by Gasteiger charge is 2.12. The van der Waals surface area contributed by atoms with Crippen LogP contribution in [0.2, 0.25) is 0 Å². The Morgan fingerprint density at radius 1 is 0.957 bits per heavy atom. The fourth-order valence-corrected chi connectivity index (χ4v) is 2.91. The van der Waals surface area contributed by atoms with Crippen LogP contribution in [0.3, 0.4) is 0 Å². The van der Waals surface area contributed by atoms with Gasteiger partial charge in [0, 0.05) is 5.92 Å². The lowest BCUT2D eigenvalue weighted by Gasteiger charge is -2.15. The van der Waals surface area contributed by atoms with E-state index >= 15 is 0 Å². The van der Waals surface area contributed by atoms with Gasteiger partial charge < -0.3 is 5.11 Å². The van der Waals surface area contributed by atoms with E-state index in [1.807, 2.05) is 12.1 Å². The maximum absolute atomic E-state index is 9.47. The molecule has 0 saturated carbocycles. The molecule has 1 unspecified atom stereocenters. The molecule has 23 heavy (non-hydrogen) atoms. The molecule has 1 atom stereocenters. The Hall–Kier alpha value is -2.48. The van der Waals surface area contributed by atoms with Gasteiger partial charge in [-0.05, 0) is 52.7 Å². The molecule has 0 aliphatic heterocycles. The van der Waals surface area contributed by atoms with Crippen LogP contribution in [-0.2, 0) is 6.42 Å². The second kappa shape index (κ2) is 7.19. The van der Waals surface area contributed by atoms with E-state index in [2.05, 4.69) is 52.6 Å². The monoisotopic (exact) mass is 319 g/mol. The van der Waals surface area contributed by atoms with Crippen molar-refractivity contribution in [1.82, 2.24) is 0 Å². The molecule has 0 heterocycles. The first-order chi connectivity index (χ1) is 11.3. The number of aliphatic imine (C=N–C) groups is 1. The average Bonchev–Trinajstić information content (AvgIpc) is 2.59. The highest BCUT2D eigenvalue weighted by molar-refractivity contribution is 7.78. The van der Waals surface area contributed by atoms with Gasteiger partial charge in [-0.25, -0.2) is 4.99 Å². The number of aromatic hydroxyl groups is 1. The van der Waals surface area contributed by atoms with Crippen LogP contribution < -0.4 is 0 Å². The summed E-state index contributed by atoms with van der Waals surface area (Å²) in [5, 5.41) is 14.4. The minimum atomic E-state index is 0.215. The summed E-state index contributed by atoms with van der Waals surface area (Å²) in [6.45, 7) is 0.598. The minimum absolute atomic E-state index is 0.215. The van der Waals surface area contributed by atoms with Crippen molar-refractivity contribution in [2.75, 3.05) is 6.54 Å². The van der Waals surface area contributed by atoms with Crippen molar-refractivity contribution >= 4 is 28.2 Å². The number of fused-ring (bicyclic) bond motifs is 1. The summed E-state index contributed by atoms with van der Waals surface area (Å²) in [5.41, 5.74) is 2.41. The van der Waals surface area contributed by atoms with Gasteiger partial charge in [0.1, 0.15) is 5.75 Å². The van der Waals surface area contributed by atoms with Crippen molar-refractivity contribution in [2.45, 2.75) is 12.3 Å². The number of isothiocyanates is 1. The van der Waals surface area contributed by atoms with E-state index in [0.29, 0.717) is 6.54 Å². The summed E-state index contributed by atoms with van der Waals surface area (Å²) < 4.78 is 0. The van der Waals surface area contributed by atoms with Crippen LogP contribution in [0.15, 0.2) is 71.7 Å². The maximum Gasteiger partial charge on any atom is 0.115 e. The smallest absolute Gasteiger partial charge is 0.115 e. The standard InChI is InChI=1S/C20H17NOS/c22-20-9-7-17(8-10-20)19(13-21-14-23)12-15-5-6-16-3-1-2-4-18(16)11-15/h1-11,19,22H,12-13H2. The molecule has 3 heteroatoms. The second-order valence-corrected chi connectivity index (χ2v) is 5.79. The molecule has 3 aromatic rings. The molecule has 1 N–H and O–H groups in total. The van der Waals surface area contributed by atoms with E-state index in [9.17, 15) is 5.11 Å². The van der Waals surface area contributed by atoms with Crippen molar-refractivity contribution in [1.29, 1.82) is 0 Å². The molecule has 2 nitrogen and oxygen atoms in total. The Bertz CT molecular complexity index is 851. The number of hydrogen-bond donors (Lipinski definition) is 1. The summed E-state index contributed by atoms with van der Waals surface area (Å²) in [5.74, 6) is 0.490. The van der Waals surface area contributed by atoms with Gasteiger partial charge in [-0.2, -0.15) is 0 Å². The van der Waals surface area contributed by atoms with Crippen LogP contribution in [0.25, 0.3) is 10.8 Å². The molecule has 0 aliphatic rings.